The molecule has 4 aromatic carbocycles. The average Bonchev–Trinajstić information content (AvgIpc) is 3.53. The van der Waals surface area contributed by atoms with Crippen molar-refractivity contribution in [3.8, 4) is 22.3 Å². The molecule has 1 saturated heterocycles. The van der Waals surface area contributed by atoms with E-state index in [9.17, 15) is 0 Å². The molecule has 0 aromatic heterocycles. The molecule has 2 aliphatic carbocycles. The average molecular weight is 687 g/mol. The van der Waals surface area contributed by atoms with E-state index >= 15 is 0 Å². The molecule has 7 rings (SSSR count). The summed E-state index contributed by atoms with van der Waals surface area (Å²) in [5, 5.41) is 0. The quantitative estimate of drug-likeness (QED) is 0.184. The van der Waals surface area contributed by atoms with Gasteiger partial charge in [0.25, 0.3) is 0 Å². The van der Waals surface area contributed by atoms with Gasteiger partial charge in [-0.3, -0.25) is 0 Å². The van der Waals surface area contributed by atoms with E-state index in [0.717, 1.165) is 0 Å². The molecule has 0 bridgehead atoms. The third-order valence-corrected chi connectivity index (χ3v) is 26.0. The number of rotatable bonds is 2. The summed E-state index contributed by atoms with van der Waals surface area (Å²) in [5.41, 5.74) is 20.7. The van der Waals surface area contributed by atoms with Crippen LogP contribution in [0.1, 0.15) is 65.7 Å². The molecule has 1 heteroatoms. The Morgan fingerprint density at radius 1 is 0.525 bits per heavy atom. The molecular weight excluding hydrogens is 647 g/mol. The molecule has 1 fully saturated rings. The Hall–Kier alpha value is -2.77. The third kappa shape index (κ3) is 3.46. The van der Waals surface area contributed by atoms with Crippen LogP contribution in [0.3, 0.4) is 0 Å². The second-order valence-electron chi connectivity index (χ2n) is 13.6. The Morgan fingerprint density at radius 2 is 0.900 bits per heavy atom. The SMILES string of the molecule is Cc1cccc(-c2cccc3c2C=C2[CH]3[Hf]([CH3])([CH3])[CH]3C(=Cc4c(-c5cccc(C)c5C)cccc43)C2(C)C)c1C. The van der Waals surface area contributed by atoms with Crippen LogP contribution in [0.4, 0.5) is 0 Å². The summed E-state index contributed by atoms with van der Waals surface area (Å²) in [6, 6.07) is 27.9. The van der Waals surface area contributed by atoms with Crippen LogP contribution >= 0.6 is 0 Å². The molecule has 0 spiro atoms. The number of fused-ring (bicyclic) bond motifs is 6. The second-order valence-corrected chi connectivity index (χ2v) is 30.9. The summed E-state index contributed by atoms with van der Waals surface area (Å²) < 4.78 is 6.72. The van der Waals surface area contributed by atoms with E-state index in [-0.39, 0.29) is 5.41 Å². The first kappa shape index (κ1) is 26.1. The van der Waals surface area contributed by atoms with E-state index in [0.29, 0.717) is 7.35 Å². The fourth-order valence-corrected chi connectivity index (χ4v) is 26.1. The minimum absolute atomic E-state index is 0.0285. The number of hydrogen-bond acceptors (Lipinski definition) is 0. The van der Waals surface area contributed by atoms with Gasteiger partial charge in [0, 0.05) is 0 Å². The zero-order valence-corrected chi connectivity index (χ0v) is 28.8. The van der Waals surface area contributed by atoms with Gasteiger partial charge in [-0.1, -0.05) is 0 Å². The first-order chi connectivity index (χ1) is 19.0. The van der Waals surface area contributed by atoms with Crippen molar-refractivity contribution in [2.45, 2.75) is 58.3 Å². The zero-order chi connectivity index (χ0) is 28.1. The van der Waals surface area contributed by atoms with E-state index in [4.69, 9.17) is 0 Å². The molecule has 0 saturated carbocycles. The molecule has 0 amide bonds. The molecule has 3 aliphatic rings. The topological polar surface area (TPSA) is 0 Å². The third-order valence-electron chi connectivity index (χ3n) is 10.8. The van der Waals surface area contributed by atoms with Crippen LogP contribution in [0.2, 0.25) is 9.36 Å². The van der Waals surface area contributed by atoms with Crippen molar-refractivity contribution in [3.05, 3.63) is 128 Å². The summed E-state index contributed by atoms with van der Waals surface area (Å²) in [7, 11) is 0. The minimum atomic E-state index is -3.03. The van der Waals surface area contributed by atoms with Crippen LogP contribution in [0.5, 0.6) is 0 Å². The molecule has 1 heterocycles. The Kier molecular flexibility index (Phi) is 5.79. The maximum atomic E-state index is 2.75. The standard InChI is InChI=1S/C37H34.2CH3.Hf/c1-23-11-7-15-31(25(23)3)33-17-9-13-27-19-29(21-35(27)33)37(5,6)30-20-28-14-10-18-34(36(28)22-30)32-16-8-12-24(2)26(32)4;;;/h7-22H,1-6H3;2*1H3;. The molecule has 0 radical (unpaired) electrons. The summed E-state index contributed by atoms with van der Waals surface area (Å²) in [4.78, 5) is 0. The summed E-state index contributed by atoms with van der Waals surface area (Å²) in [6.07, 6.45) is 5.26. The molecule has 40 heavy (non-hydrogen) atoms. The monoisotopic (exact) mass is 688 g/mol. The fraction of sp³-hybridized carbons (Fsp3) is 0.282. The van der Waals surface area contributed by atoms with Crippen molar-refractivity contribution in [2.24, 2.45) is 5.41 Å². The summed E-state index contributed by atoms with van der Waals surface area (Å²) >= 11 is -3.03. The van der Waals surface area contributed by atoms with Gasteiger partial charge in [-0.2, -0.15) is 0 Å². The van der Waals surface area contributed by atoms with Gasteiger partial charge in [-0.05, 0) is 0 Å². The Balaban J connectivity index is 1.44. The van der Waals surface area contributed by atoms with E-state index in [1.165, 1.54) is 55.6 Å². The predicted molar refractivity (Wildman–Crippen MR) is 170 cm³/mol. The van der Waals surface area contributed by atoms with Crippen molar-refractivity contribution in [3.63, 3.8) is 0 Å². The van der Waals surface area contributed by atoms with Gasteiger partial charge >= 0.3 is 246 Å². The molecule has 2 atom stereocenters. The second kappa shape index (κ2) is 8.86. The van der Waals surface area contributed by atoms with Crippen molar-refractivity contribution in [1.29, 1.82) is 0 Å². The van der Waals surface area contributed by atoms with Gasteiger partial charge in [-0.15, -0.1) is 0 Å². The van der Waals surface area contributed by atoms with E-state index in [2.05, 4.69) is 136 Å². The first-order valence-electron chi connectivity index (χ1n) is 14.9. The normalized spacial score (nSPS) is 21.2. The molecule has 200 valence electrons. The van der Waals surface area contributed by atoms with Gasteiger partial charge < -0.3 is 0 Å². The van der Waals surface area contributed by atoms with Gasteiger partial charge in [0.05, 0.1) is 0 Å². The molecular formula is C39H40Hf. The zero-order valence-electron chi connectivity index (χ0n) is 25.2. The number of hydrogen-bond donors (Lipinski definition) is 0. The molecule has 0 nitrogen and oxygen atoms in total. The molecule has 2 unspecified atom stereocenters. The Bertz CT molecular complexity index is 1660. The van der Waals surface area contributed by atoms with E-state index in [1.807, 2.05) is 0 Å². The predicted octanol–water partition coefficient (Wildman–Crippen LogP) is 11.1. The molecule has 4 aromatic rings. The number of benzene rings is 4. The fourth-order valence-electron chi connectivity index (χ4n) is 8.38. The van der Waals surface area contributed by atoms with Gasteiger partial charge in [-0.25, -0.2) is 0 Å². The molecule has 0 N–H and O–H groups in total. The summed E-state index contributed by atoms with van der Waals surface area (Å²) in [5.74, 6) is 0. The van der Waals surface area contributed by atoms with Gasteiger partial charge in [0.2, 0.25) is 0 Å². The van der Waals surface area contributed by atoms with Crippen molar-refractivity contribution >= 4 is 12.2 Å². The first-order valence-corrected chi connectivity index (χ1v) is 26.2. The van der Waals surface area contributed by atoms with Crippen LogP contribution in [0.15, 0.2) is 83.9 Å². The molecule has 1 aliphatic heterocycles. The Morgan fingerprint density at radius 3 is 1.32 bits per heavy atom. The van der Waals surface area contributed by atoms with Gasteiger partial charge in [0.15, 0.2) is 0 Å². The van der Waals surface area contributed by atoms with E-state index < -0.39 is 20.0 Å². The summed E-state index contributed by atoms with van der Waals surface area (Å²) in [6.45, 7) is 14.1. The Labute approximate surface area is 245 Å². The van der Waals surface area contributed by atoms with Crippen LogP contribution < -0.4 is 0 Å². The van der Waals surface area contributed by atoms with Crippen LogP contribution in [0.25, 0.3) is 34.4 Å². The van der Waals surface area contributed by atoms with Crippen molar-refractivity contribution in [1.82, 2.24) is 0 Å². The number of allylic oxidation sites excluding steroid dienone is 2. The number of aryl methyl sites for hydroxylation is 2. The van der Waals surface area contributed by atoms with Crippen molar-refractivity contribution in [2.75, 3.05) is 0 Å². The van der Waals surface area contributed by atoms with Crippen molar-refractivity contribution < 1.29 is 20.0 Å². The van der Waals surface area contributed by atoms with Crippen LogP contribution in [-0.2, 0) is 20.0 Å². The van der Waals surface area contributed by atoms with Gasteiger partial charge in [0.1, 0.15) is 0 Å². The van der Waals surface area contributed by atoms with Crippen LogP contribution in [-0.4, -0.2) is 0 Å². The van der Waals surface area contributed by atoms with Crippen LogP contribution in [0, 0.1) is 33.1 Å². The van der Waals surface area contributed by atoms with E-state index in [1.54, 1.807) is 22.3 Å². The maximum absolute atomic E-state index is 3.03.